The SMILES string of the molecule is COc1ccc(N2CCN(c3nnc(SCC(=O)N4CCOCC4)s3)CC2)cc1. The molecule has 3 heterocycles. The molecular formula is C19H25N5O3S2. The molecule has 0 unspecified atom stereocenters. The first kappa shape index (κ1) is 20.2. The summed E-state index contributed by atoms with van der Waals surface area (Å²) in [5.74, 6) is 1.42. The summed E-state index contributed by atoms with van der Waals surface area (Å²) in [5, 5.41) is 9.55. The summed E-state index contributed by atoms with van der Waals surface area (Å²) in [7, 11) is 1.68. The van der Waals surface area contributed by atoms with Crippen molar-refractivity contribution in [3.8, 4) is 5.75 Å². The lowest BCUT2D eigenvalue weighted by Gasteiger charge is -2.35. The average Bonchev–Trinajstić information content (AvgIpc) is 3.27. The molecule has 0 spiro atoms. The lowest BCUT2D eigenvalue weighted by molar-refractivity contribution is -0.132. The van der Waals surface area contributed by atoms with Gasteiger partial charge in [0.15, 0.2) is 4.34 Å². The van der Waals surface area contributed by atoms with Gasteiger partial charge in [-0.15, -0.1) is 10.2 Å². The van der Waals surface area contributed by atoms with Crippen LogP contribution in [0.15, 0.2) is 28.6 Å². The van der Waals surface area contributed by atoms with Crippen LogP contribution in [0.25, 0.3) is 0 Å². The summed E-state index contributed by atoms with van der Waals surface area (Å²) < 4.78 is 11.4. The van der Waals surface area contributed by atoms with Crippen LogP contribution < -0.4 is 14.5 Å². The van der Waals surface area contributed by atoms with Crippen LogP contribution in [-0.4, -0.2) is 86.3 Å². The van der Waals surface area contributed by atoms with Crippen molar-refractivity contribution in [2.24, 2.45) is 0 Å². The van der Waals surface area contributed by atoms with Crippen molar-refractivity contribution in [2.75, 3.05) is 75.1 Å². The molecule has 0 atom stereocenters. The number of morpholine rings is 1. The molecule has 1 amide bonds. The van der Waals surface area contributed by atoms with Gasteiger partial charge in [-0.25, -0.2) is 0 Å². The van der Waals surface area contributed by atoms with Crippen molar-refractivity contribution in [2.45, 2.75) is 4.34 Å². The molecule has 0 saturated carbocycles. The smallest absolute Gasteiger partial charge is 0.233 e. The predicted octanol–water partition coefficient (Wildman–Crippen LogP) is 1.82. The van der Waals surface area contributed by atoms with Crippen molar-refractivity contribution in [1.82, 2.24) is 15.1 Å². The molecule has 2 fully saturated rings. The molecule has 156 valence electrons. The second-order valence-corrected chi connectivity index (χ2v) is 8.98. The molecule has 10 heteroatoms. The molecule has 0 radical (unpaired) electrons. The van der Waals surface area contributed by atoms with Crippen LogP contribution in [-0.2, 0) is 9.53 Å². The Morgan fingerprint density at radius 3 is 2.45 bits per heavy atom. The largest absolute Gasteiger partial charge is 0.497 e. The highest BCUT2D eigenvalue weighted by Crippen LogP contribution is 2.29. The Bertz CT molecular complexity index is 802. The fraction of sp³-hybridized carbons (Fsp3) is 0.526. The molecule has 0 aliphatic carbocycles. The zero-order chi connectivity index (χ0) is 20.1. The standard InChI is InChI=1S/C19H25N5O3S2/c1-26-16-4-2-15(3-5-16)22-6-8-24(9-7-22)18-20-21-19(29-18)28-14-17(25)23-10-12-27-13-11-23/h2-5H,6-14H2,1H3. The Morgan fingerprint density at radius 2 is 1.76 bits per heavy atom. The topological polar surface area (TPSA) is 71.0 Å². The van der Waals surface area contributed by atoms with Gasteiger partial charge in [0.2, 0.25) is 11.0 Å². The number of benzene rings is 1. The summed E-state index contributed by atoms with van der Waals surface area (Å²) in [6, 6.07) is 8.18. The zero-order valence-corrected chi connectivity index (χ0v) is 18.1. The van der Waals surface area contributed by atoms with E-state index in [1.165, 1.54) is 17.4 Å². The summed E-state index contributed by atoms with van der Waals surface area (Å²) in [6.45, 7) is 6.28. The molecule has 2 saturated heterocycles. The van der Waals surface area contributed by atoms with E-state index in [4.69, 9.17) is 9.47 Å². The molecular weight excluding hydrogens is 410 g/mol. The number of ether oxygens (including phenoxy) is 2. The van der Waals surface area contributed by atoms with Crippen LogP contribution in [0.1, 0.15) is 0 Å². The van der Waals surface area contributed by atoms with E-state index in [0.717, 1.165) is 41.4 Å². The number of thioether (sulfide) groups is 1. The molecule has 4 rings (SSSR count). The zero-order valence-electron chi connectivity index (χ0n) is 16.5. The van der Waals surface area contributed by atoms with Gasteiger partial charge in [-0.2, -0.15) is 0 Å². The number of hydrogen-bond acceptors (Lipinski definition) is 9. The first-order chi connectivity index (χ1) is 14.2. The molecule has 2 aliphatic rings. The Morgan fingerprint density at radius 1 is 1.07 bits per heavy atom. The van der Waals surface area contributed by atoms with Gasteiger partial charge in [-0.1, -0.05) is 23.1 Å². The highest BCUT2D eigenvalue weighted by Gasteiger charge is 2.22. The van der Waals surface area contributed by atoms with Gasteiger partial charge >= 0.3 is 0 Å². The van der Waals surface area contributed by atoms with Crippen LogP contribution in [0, 0.1) is 0 Å². The molecule has 0 bridgehead atoms. The number of carbonyl (C=O) groups excluding carboxylic acids is 1. The predicted molar refractivity (Wildman–Crippen MR) is 115 cm³/mol. The molecule has 2 aromatic rings. The lowest BCUT2D eigenvalue weighted by atomic mass is 10.2. The van der Waals surface area contributed by atoms with Gasteiger partial charge in [0.25, 0.3) is 0 Å². The molecule has 0 N–H and O–H groups in total. The number of methoxy groups -OCH3 is 1. The number of carbonyl (C=O) groups is 1. The van der Waals surface area contributed by atoms with Crippen molar-refractivity contribution >= 4 is 39.8 Å². The van der Waals surface area contributed by atoms with Crippen LogP contribution in [0.4, 0.5) is 10.8 Å². The highest BCUT2D eigenvalue weighted by molar-refractivity contribution is 8.01. The maximum absolute atomic E-state index is 12.3. The average molecular weight is 436 g/mol. The minimum absolute atomic E-state index is 0.142. The number of rotatable bonds is 6. The second kappa shape index (κ2) is 9.64. The van der Waals surface area contributed by atoms with Gasteiger partial charge in [0.05, 0.1) is 26.1 Å². The number of anilines is 2. The van der Waals surface area contributed by atoms with E-state index in [9.17, 15) is 4.79 Å². The summed E-state index contributed by atoms with van der Waals surface area (Å²) in [4.78, 5) is 18.8. The molecule has 1 aromatic carbocycles. The van der Waals surface area contributed by atoms with Crippen LogP contribution in [0.5, 0.6) is 5.75 Å². The van der Waals surface area contributed by atoms with E-state index in [2.05, 4.69) is 32.1 Å². The maximum atomic E-state index is 12.3. The first-order valence-electron chi connectivity index (χ1n) is 9.69. The second-order valence-electron chi connectivity index (χ2n) is 6.80. The third-order valence-corrected chi connectivity index (χ3v) is 7.17. The van der Waals surface area contributed by atoms with E-state index < -0.39 is 0 Å². The quantitative estimate of drug-likeness (QED) is 0.637. The number of aromatic nitrogens is 2. The maximum Gasteiger partial charge on any atom is 0.233 e. The highest BCUT2D eigenvalue weighted by atomic mass is 32.2. The first-order valence-corrected chi connectivity index (χ1v) is 11.5. The van der Waals surface area contributed by atoms with Gasteiger partial charge in [-0.3, -0.25) is 4.79 Å². The Labute approximate surface area is 178 Å². The lowest BCUT2D eigenvalue weighted by Crippen LogP contribution is -2.46. The summed E-state index contributed by atoms with van der Waals surface area (Å²) in [5.41, 5.74) is 1.21. The molecule has 2 aliphatic heterocycles. The summed E-state index contributed by atoms with van der Waals surface area (Å²) >= 11 is 3.04. The van der Waals surface area contributed by atoms with E-state index in [0.29, 0.717) is 32.1 Å². The number of piperazine rings is 1. The number of amides is 1. The Hall–Kier alpha value is -2.04. The van der Waals surface area contributed by atoms with E-state index in [1.54, 1.807) is 18.4 Å². The minimum atomic E-state index is 0.142. The Kier molecular flexibility index (Phi) is 6.73. The van der Waals surface area contributed by atoms with Crippen LogP contribution in [0.3, 0.4) is 0 Å². The van der Waals surface area contributed by atoms with Crippen molar-refractivity contribution in [1.29, 1.82) is 0 Å². The van der Waals surface area contributed by atoms with Crippen LogP contribution >= 0.6 is 23.1 Å². The van der Waals surface area contributed by atoms with Gasteiger partial charge in [0.1, 0.15) is 5.75 Å². The number of hydrogen-bond donors (Lipinski definition) is 0. The third-order valence-electron chi connectivity index (χ3n) is 5.07. The van der Waals surface area contributed by atoms with Gasteiger partial charge < -0.3 is 24.2 Å². The van der Waals surface area contributed by atoms with E-state index >= 15 is 0 Å². The van der Waals surface area contributed by atoms with Crippen molar-refractivity contribution in [3.63, 3.8) is 0 Å². The van der Waals surface area contributed by atoms with Gasteiger partial charge in [0, 0.05) is 45.0 Å². The fourth-order valence-electron chi connectivity index (χ4n) is 3.37. The minimum Gasteiger partial charge on any atom is -0.497 e. The van der Waals surface area contributed by atoms with Crippen molar-refractivity contribution < 1.29 is 14.3 Å². The van der Waals surface area contributed by atoms with Gasteiger partial charge in [-0.05, 0) is 24.3 Å². The third kappa shape index (κ3) is 5.12. The summed E-state index contributed by atoms with van der Waals surface area (Å²) in [6.07, 6.45) is 0. The Balaban J connectivity index is 1.26. The molecule has 29 heavy (non-hydrogen) atoms. The van der Waals surface area contributed by atoms with E-state index in [1.807, 2.05) is 17.0 Å². The van der Waals surface area contributed by atoms with E-state index in [-0.39, 0.29) is 5.91 Å². The molecule has 1 aromatic heterocycles. The van der Waals surface area contributed by atoms with Crippen molar-refractivity contribution in [3.05, 3.63) is 24.3 Å². The normalized spacial score (nSPS) is 17.5. The number of nitrogens with zero attached hydrogens (tertiary/aromatic N) is 5. The monoisotopic (exact) mass is 435 g/mol. The van der Waals surface area contributed by atoms with Crippen LogP contribution in [0.2, 0.25) is 0 Å². The fourth-order valence-corrected chi connectivity index (χ4v) is 5.16. The molecule has 8 nitrogen and oxygen atoms in total.